The molecule has 1 fully saturated rings. The molecule has 0 unspecified atom stereocenters. The summed E-state index contributed by atoms with van der Waals surface area (Å²) in [5.41, 5.74) is 7.10. The maximum Gasteiger partial charge on any atom is 0.251 e. The van der Waals surface area contributed by atoms with Crippen LogP contribution < -0.4 is 11.1 Å². The Balaban J connectivity index is 2.02. The quantitative estimate of drug-likeness (QED) is 0.752. The fraction of sp³-hybridized carbons (Fsp3) is 0.500. The van der Waals surface area contributed by atoms with Gasteiger partial charge in [0.25, 0.3) is 5.91 Å². The van der Waals surface area contributed by atoms with E-state index in [2.05, 4.69) is 5.32 Å². The number of hydrogen-bond acceptors (Lipinski definition) is 3. The van der Waals surface area contributed by atoms with Gasteiger partial charge in [0.1, 0.15) is 0 Å². The molecule has 2 atom stereocenters. The second-order valence-electron chi connectivity index (χ2n) is 4.84. The van der Waals surface area contributed by atoms with Gasteiger partial charge in [-0.15, -0.1) is 0 Å². The van der Waals surface area contributed by atoms with Gasteiger partial charge in [0.05, 0.1) is 12.1 Å². The minimum Gasteiger partial charge on any atom is -0.391 e. The van der Waals surface area contributed by atoms with Gasteiger partial charge in [0, 0.05) is 12.1 Å². The Labute approximate surface area is 107 Å². The first kappa shape index (κ1) is 13.1. The zero-order chi connectivity index (χ0) is 13.0. The third-order valence-corrected chi connectivity index (χ3v) is 3.47. The van der Waals surface area contributed by atoms with Gasteiger partial charge < -0.3 is 16.2 Å². The lowest BCUT2D eigenvalue weighted by atomic mass is 9.92. The molecule has 4 heteroatoms. The van der Waals surface area contributed by atoms with Crippen molar-refractivity contribution in [1.29, 1.82) is 0 Å². The molecule has 1 aliphatic rings. The van der Waals surface area contributed by atoms with Crippen LogP contribution in [0, 0.1) is 0 Å². The first-order chi connectivity index (χ1) is 8.70. The van der Waals surface area contributed by atoms with Gasteiger partial charge in [0.2, 0.25) is 0 Å². The monoisotopic (exact) mass is 248 g/mol. The number of nitrogens with two attached hydrogens (primary N) is 1. The van der Waals surface area contributed by atoms with Gasteiger partial charge >= 0.3 is 0 Å². The molecule has 2 rings (SSSR count). The SMILES string of the molecule is NCc1cccc(C(=O)N[C@H]2CCCC[C@@H]2O)c1. The van der Waals surface area contributed by atoms with Crippen LogP contribution in [0.1, 0.15) is 41.6 Å². The van der Waals surface area contributed by atoms with Crippen LogP contribution in [-0.2, 0) is 6.54 Å². The van der Waals surface area contributed by atoms with E-state index in [0.717, 1.165) is 31.2 Å². The van der Waals surface area contributed by atoms with Crippen molar-refractivity contribution in [3.8, 4) is 0 Å². The van der Waals surface area contributed by atoms with E-state index in [9.17, 15) is 9.90 Å². The van der Waals surface area contributed by atoms with E-state index in [0.29, 0.717) is 12.1 Å². The van der Waals surface area contributed by atoms with Crippen LogP contribution in [0.5, 0.6) is 0 Å². The standard InChI is InChI=1S/C14H20N2O2/c15-9-10-4-3-5-11(8-10)14(18)16-12-6-1-2-7-13(12)17/h3-5,8,12-13,17H,1-2,6-7,9,15H2,(H,16,18)/t12-,13-/m0/s1. The summed E-state index contributed by atoms with van der Waals surface area (Å²) in [6, 6.07) is 7.17. The fourth-order valence-electron chi connectivity index (χ4n) is 2.37. The second-order valence-corrected chi connectivity index (χ2v) is 4.84. The van der Waals surface area contributed by atoms with E-state index in [1.807, 2.05) is 12.1 Å². The van der Waals surface area contributed by atoms with Gasteiger partial charge in [-0.05, 0) is 30.5 Å². The molecule has 1 aromatic rings. The smallest absolute Gasteiger partial charge is 0.251 e. The summed E-state index contributed by atoms with van der Waals surface area (Å²) < 4.78 is 0. The summed E-state index contributed by atoms with van der Waals surface area (Å²) in [4.78, 5) is 12.1. The Kier molecular flexibility index (Phi) is 4.33. The molecule has 1 amide bonds. The molecule has 4 nitrogen and oxygen atoms in total. The molecule has 0 aromatic heterocycles. The van der Waals surface area contributed by atoms with Crippen molar-refractivity contribution in [1.82, 2.24) is 5.32 Å². The lowest BCUT2D eigenvalue weighted by Gasteiger charge is -2.28. The maximum absolute atomic E-state index is 12.1. The molecule has 18 heavy (non-hydrogen) atoms. The Hall–Kier alpha value is -1.39. The minimum absolute atomic E-state index is 0.118. The summed E-state index contributed by atoms with van der Waals surface area (Å²) in [6.07, 6.45) is 3.30. The molecule has 0 aliphatic heterocycles. The predicted octanol–water partition coefficient (Wildman–Crippen LogP) is 1.18. The van der Waals surface area contributed by atoms with Crippen LogP contribution >= 0.6 is 0 Å². The van der Waals surface area contributed by atoms with E-state index in [1.54, 1.807) is 12.1 Å². The first-order valence-corrected chi connectivity index (χ1v) is 6.48. The first-order valence-electron chi connectivity index (χ1n) is 6.48. The van der Waals surface area contributed by atoms with Crippen molar-refractivity contribution in [2.24, 2.45) is 5.73 Å². The van der Waals surface area contributed by atoms with Crippen LogP contribution in [0.15, 0.2) is 24.3 Å². The van der Waals surface area contributed by atoms with Crippen LogP contribution in [0.25, 0.3) is 0 Å². The molecule has 0 spiro atoms. The van der Waals surface area contributed by atoms with E-state index in [1.165, 1.54) is 0 Å². The summed E-state index contributed by atoms with van der Waals surface area (Å²) in [6.45, 7) is 0.424. The third-order valence-electron chi connectivity index (χ3n) is 3.47. The van der Waals surface area contributed by atoms with Crippen LogP contribution in [0.3, 0.4) is 0 Å². The Morgan fingerprint density at radius 2 is 2.17 bits per heavy atom. The summed E-state index contributed by atoms with van der Waals surface area (Å²) >= 11 is 0. The average molecular weight is 248 g/mol. The number of carbonyl (C=O) groups excluding carboxylic acids is 1. The second kappa shape index (κ2) is 5.98. The lowest BCUT2D eigenvalue weighted by molar-refractivity contribution is 0.0717. The number of amides is 1. The van der Waals surface area contributed by atoms with Gasteiger partial charge in [-0.2, -0.15) is 0 Å². The Morgan fingerprint density at radius 1 is 1.39 bits per heavy atom. The van der Waals surface area contributed by atoms with Gasteiger partial charge in [0.15, 0.2) is 0 Å². The number of hydrogen-bond donors (Lipinski definition) is 3. The number of aliphatic hydroxyl groups is 1. The molecule has 0 saturated heterocycles. The number of aliphatic hydroxyl groups excluding tert-OH is 1. The van der Waals surface area contributed by atoms with Crippen LogP contribution in [-0.4, -0.2) is 23.2 Å². The molecule has 1 saturated carbocycles. The van der Waals surface area contributed by atoms with Crippen molar-refractivity contribution in [2.75, 3.05) is 0 Å². The zero-order valence-electron chi connectivity index (χ0n) is 10.4. The summed E-state index contributed by atoms with van der Waals surface area (Å²) in [5, 5.41) is 12.7. The molecule has 0 heterocycles. The molecule has 0 bridgehead atoms. The molecule has 98 valence electrons. The Bertz CT molecular complexity index is 420. The predicted molar refractivity (Wildman–Crippen MR) is 70.1 cm³/mol. The zero-order valence-corrected chi connectivity index (χ0v) is 10.4. The van der Waals surface area contributed by atoms with E-state index >= 15 is 0 Å². The van der Waals surface area contributed by atoms with Crippen molar-refractivity contribution in [3.05, 3.63) is 35.4 Å². The average Bonchev–Trinajstić information content (AvgIpc) is 2.41. The normalized spacial score (nSPS) is 23.7. The van der Waals surface area contributed by atoms with Gasteiger partial charge in [-0.1, -0.05) is 25.0 Å². The van der Waals surface area contributed by atoms with E-state index in [4.69, 9.17) is 5.73 Å². The van der Waals surface area contributed by atoms with Gasteiger partial charge in [-0.3, -0.25) is 4.79 Å². The maximum atomic E-state index is 12.1. The number of rotatable bonds is 3. The Morgan fingerprint density at radius 3 is 2.89 bits per heavy atom. The van der Waals surface area contributed by atoms with Crippen molar-refractivity contribution in [3.63, 3.8) is 0 Å². The number of nitrogens with one attached hydrogen (secondary N) is 1. The number of carbonyl (C=O) groups is 1. The van der Waals surface area contributed by atoms with Crippen LogP contribution in [0.4, 0.5) is 0 Å². The van der Waals surface area contributed by atoms with E-state index in [-0.39, 0.29) is 11.9 Å². The molecule has 1 aromatic carbocycles. The highest BCUT2D eigenvalue weighted by Gasteiger charge is 2.24. The molecule has 0 radical (unpaired) electrons. The molecular weight excluding hydrogens is 228 g/mol. The highest BCUT2D eigenvalue weighted by molar-refractivity contribution is 5.94. The summed E-state index contributed by atoms with van der Waals surface area (Å²) in [7, 11) is 0. The highest BCUT2D eigenvalue weighted by Crippen LogP contribution is 2.18. The molecule has 1 aliphatic carbocycles. The van der Waals surface area contributed by atoms with E-state index < -0.39 is 6.10 Å². The molecular formula is C14H20N2O2. The minimum atomic E-state index is -0.416. The third kappa shape index (κ3) is 3.09. The largest absolute Gasteiger partial charge is 0.391 e. The van der Waals surface area contributed by atoms with Crippen molar-refractivity contribution < 1.29 is 9.90 Å². The van der Waals surface area contributed by atoms with Gasteiger partial charge in [-0.25, -0.2) is 0 Å². The topological polar surface area (TPSA) is 75.4 Å². The van der Waals surface area contributed by atoms with Crippen LogP contribution in [0.2, 0.25) is 0 Å². The summed E-state index contributed by atoms with van der Waals surface area (Å²) in [5.74, 6) is -0.128. The van der Waals surface area contributed by atoms with Crippen molar-refractivity contribution in [2.45, 2.75) is 44.4 Å². The van der Waals surface area contributed by atoms with Crippen molar-refractivity contribution >= 4 is 5.91 Å². The highest BCUT2D eigenvalue weighted by atomic mass is 16.3. The fourth-order valence-corrected chi connectivity index (χ4v) is 2.37. The lowest BCUT2D eigenvalue weighted by Crippen LogP contribution is -2.45. The molecule has 4 N–H and O–H groups in total. The number of benzene rings is 1.